The maximum atomic E-state index is 12.3. The molecule has 1 aliphatic heterocycles. The number of hydrogen-bond donors (Lipinski definition) is 1. The lowest BCUT2D eigenvalue weighted by molar-refractivity contribution is -0.130. The highest BCUT2D eigenvalue weighted by molar-refractivity contribution is 9.10. The van der Waals surface area contributed by atoms with Crippen molar-refractivity contribution in [1.82, 2.24) is 4.90 Å². The fourth-order valence-electron chi connectivity index (χ4n) is 2.77. The van der Waals surface area contributed by atoms with Gasteiger partial charge in [0.15, 0.2) is 0 Å². The number of anilines is 1. The average Bonchev–Trinajstić information content (AvgIpc) is 2.85. The van der Waals surface area contributed by atoms with E-state index in [9.17, 15) is 9.59 Å². The first-order valence-electron chi connectivity index (χ1n) is 7.41. The van der Waals surface area contributed by atoms with Gasteiger partial charge in [0.25, 0.3) is 0 Å². The molecule has 5 heteroatoms. The number of carbonyl (C=O) groups excluding carboxylic acids is 2. The molecule has 1 heterocycles. The van der Waals surface area contributed by atoms with Gasteiger partial charge in [0, 0.05) is 29.2 Å². The van der Waals surface area contributed by atoms with Crippen LogP contribution in [0.4, 0.5) is 5.69 Å². The summed E-state index contributed by atoms with van der Waals surface area (Å²) in [6.45, 7) is 4.70. The summed E-state index contributed by atoms with van der Waals surface area (Å²) in [5, 5.41) is 2.89. The maximum absolute atomic E-state index is 12.3. The zero-order valence-corrected chi connectivity index (χ0v) is 14.0. The van der Waals surface area contributed by atoms with Crippen LogP contribution in [0.2, 0.25) is 0 Å². The number of nitrogens with zero attached hydrogens (tertiary/aromatic N) is 1. The molecule has 0 aromatic heterocycles. The standard InChI is InChI=1S/C16H21BrN2O2/c1-3-14(4-2)19-10-11(9-15(19)20)16(21)18-13-7-5-12(17)6-8-13/h5-8,11,14H,3-4,9-10H2,1-2H3,(H,18,21)/t11-/m1/s1. The number of amides is 2. The minimum atomic E-state index is -0.248. The molecule has 1 atom stereocenters. The lowest BCUT2D eigenvalue weighted by Gasteiger charge is -2.26. The van der Waals surface area contributed by atoms with Gasteiger partial charge < -0.3 is 10.2 Å². The lowest BCUT2D eigenvalue weighted by Crippen LogP contribution is -2.36. The van der Waals surface area contributed by atoms with Gasteiger partial charge >= 0.3 is 0 Å². The molecule has 1 aliphatic rings. The molecule has 0 radical (unpaired) electrons. The van der Waals surface area contributed by atoms with E-state index in [1.165, 1.54) is 0 Å². The summed E-state index contributed by atoms with van der Waals surface area (Å²) < 4.78 is 0.969. The van der Waals surface area contributed by atoms with Crippen LogP contribution in [0.3, 0.4) is 0 Å². The molecule has 0 aliphatic carbocycles. The molecule has 1 N–H and O–H groups in total. The third-order valence-corrected chi connectivity index (χ3v) is 4.55. The Morgan fingerprint density at radius 3 is 2.52 bits per heavy atom. The fraction of sp³-hybridized carbons (Fsp3) is 0.500. The van der Waals surface area contributed by atoms with Gasteiger partial charge in [0.2, 0.25) is 11.8 Å². The Hall–Kier alpha value is -1.36. The van der Waals surface area contributed by atoms with Gasteiger partial charge in [0.05, 0.1) is 5.92 Å². The summed E-state index contributed by atoms with van der Waals surface area (Å²) in [4.78, 5) is 26.2. The van der Waals surface area contributed by atoms with Crippen LogP contribution in [0.25, 0.3) is 0 Å². The van der Waals surface area contributed by atoms with Crippen molar-refractivity contribution in [3.63, 3.8) is 0 Å². The first kappa shape index (κ1) is 16.0. The Bertz CT molecular complexity index is 512. The third kappa shape index (κ3) is 3.84. The Balaban J connectivity index is 1.98. The van der Waals surface area contributed by atoms with Crippen LogP contribution in [0.5, 0.6) is 0 Å². The zero-order valence-electron chi connectivity index (χ0n) is 12.4. The van der Waals surface area contributed by atoms with Crippen molar-refractivity contribution in [2.45, 2.75) is 39.2 Å². The number of nitrogens with one attached hydrogen (secondary N) is 1. The summed E-state index contributed by atoms with van der Waals surface area (Å²) >= 11 is 3.36. The van der Waals surface area contributed by atoms with Crippen LogP contribution in [0.15, 0.2) is 28.7 Å². The number of halogens is 1. The van der Waals surface area contributed by atoms with Crippen LogP contribution in [0.1, 0.15) is 33.1 Å². The first-order valence-corrected chi connectivity index (χ1v) is 8.20. The molecular weight excluding hydrogens is 332 g/mol. The van der Waals surface area contributed by atoms with E-state index in [0.29, 0.717) is 13.0 Å². The summed E-state index contributed by atoms with van der Waals surface area (Å²) in [6, 6.07) is 7.70. The van der Waals surface area contributed by atoms with Crippen molar-refractivity contribution in [3.8, 4) is 0 Å². The normalized spacial score (nSPS) is 18.4. The number of likely N-dealkylation sites (tertiary alicyclic amines) is 1. The van der Waals surface area contributed by atoms with Crippen LogP contribution in [-0.4, -0.2) is 29.3 Å². The third-order valence-electron chi connectivity index (χ3n) is 4.02. The van der Waals surface area contributed by atoms with Gasteiger partial charge in [-0.1, -0.05) is 29.8 Å². The second kappa shape index (κ2) is 7.07. The second-order valence-electron chi connectivity index (χ2n) is 5.41. The molecule has 21 heavy (non-hydrogen) atoms. The minimum Gasteiger partial charge on any atom is -0.339 e. The highest BCUT2D eigenvalue weighted by Gasteiger charge is 2.36. The Morgan fingerprint density at radius 1 is 1.33 bits per heavy atom. The molecule has 1 saturated heterocycles. The first-order chi connectivity index (χ1) is 10.0. The predicted octanol–water partition coefficient (Wildman–Crippen LogP) is 3.42. The van der Waals surface area contributed by atoms with E-state index >= 15 is 0 Å². The summed E-state index contributed by atoms with van der Waals surface area (Å²) in [7, 11) is 0. The van der Waals surface area contributed by atoms with Gasteiger partial charge in [0.1, 0.15) is 0 Å². The van der Waals surface area contributed by atoms with Crippen molar-refractivity contribution >= 4 is 33.4 Å². The van der Waals surface area contributed by atoms with Crippen LogP contribution < -0.4 is 5.32 Å². The number of benzene rings is 1. The molecule has 4 nitrogen and oxygen atoms in total. The predicted molar refractivity (Wildman–Crippen MR) is 87.0 cm³/mol. The highest BCUT2D eigenvalue weighted by Crippen LogP contribution is 2.24. The summed E-state index contributed by atoms with van der Waals surface area (Å²) in [6.07, 6.45) is 2.19. The quantitative estimate of drug-likeness (QED) is 0.882. The summed E-state index contributed by atoms with van der Waals surface area (Å²) in [5.74, 6) is -0.222. The van der Waals surface area contributed by atoms with Gasteiger partial charge in [-0.2, -0.15) is 0 Å². The average molecular weight is 353 g/mol. The monoisotopic (exact) mass is 352 g/mol. The minimum absolute atomic E-state index is 0.0703. The maximum Gasteiger partial charge on any atom is 0.229 e. The number of carbonyl (C=O) groups is 2. The Kier molecular flexibility index (Phi) is 5.39. The van der Waals surface area contributed by atoms with E-state index in [0.717, 1.165) is 23.0 Å². The molecule has 0 bridgehead atoms. The highest BCUT2D eigenvalue weighted by atomic mass is 79.9. The molecule has 0 saturated carbocycles. The van der Waals surface area contributed by atoms with Crippen molar-refractivity contribution in [2.75, 3.05) is 11.9 Å². The lowest BCUT2D eigenvalue weighted by atomic mass is 10.1. The summed E-state index contributed by atoms with van der Waals surface area (Å²) in [5.41, 5.74) is 0.761. The smallest absolute Gasteiger partial charge is 0.229 e. The van der Waals surface area contributed by atoms with Crippen molar-refractivity contribution in [3.05, 3.63) is 28.7 Å². The Morgan fingerprint density at radius 2 is 1.95 bits per heavy atom. The molecule has 2 rings (SSSR count). The van der Waals surface area contributed by atoms with Crippen LogP contribution >= 0.6 is 15.9 Å². The van der Waals surface area contributed by atoms with Gasteiger partial charge in [-0.3, -0.25) is 9.59 Å². The molecular formula is C16H21BrN2O2. The number of rotatable bonds is 5. The molecule has 1 aromatic rings. The van der Waals surface area contributed by atoms with E-state index in [1.54, 1.807) is 0 Å². The molecule has 1 aromatic carbocycles. The van der Waals surface area contributed by atoms with E-state index in [4.69, 9.17) is 0 Å². The van der Waals surface area contributed by atoms with Crippen molar-refractivity contribution < 1.29 is 9.59 Å². The topological polar surface area (TPSA) is 49.4 Å². The fourth-order valence-corrected chi connectivity index (χ4v) is 3.03. The largest absolute Gasteiger partial charge is 0.339 e. The molecule has 2 amide bonds. The van der Waals surface area contributed by atoms with Crippen molar-refractivity contribution in [2.24, 2.45) is 5.92 Å². The van der Waals surface area contributed by atoms with E-state index in [-0.39, 0.29) is 23.8 Å². The van der Waals surface area contributed by atoms with E-state index in [1.807, 2.05) is 29.2 Å². The van der Waals surface area contributed by atoms with E-state index in [2.05, 4.69) is 35.1 Å². The van der Waals surface area contributed by atoms with Gasteiger partial charge in [-0.25, -0.2) is 0 Å². The second-order valence-corrected chi connectivity index (χ2v) is 6.33. The number of hydrogen-bond acceptors (Lipinski definition) is 2. The van der Waals surface area contributed by atoms with Crippen LogP contribution in [-0.2, 0) is 9.59 Å². The molecule has 1 fully saturated rings. The van der Waals surface area contributed by atoms with Gasteiger partial charge in [-0.15, -0.1) is 0 Å². The SMILES string of the molecule is CCC(CC)N1C[C@H](C(=O)Nc2ccc(Br)cc2)CC1=O. The molecule has 114 valence electrons. The van der Waals surface area contributed by atoms with Gasteiger partial charge in [-0.05, 0) is 37.1 Å². The van der Waals surface area contributed by atoms with Crippen molar-refractivity contribution in [1.29, 1.82) is 0 Å². The molecule has 0 spiro atoms. The zero-order chi connectivity index (χ0) is 15.4. The molecule has 0 unspecified atom stereocenters. The van der Waals surface area contributed by atoms with Crippen LogP contribution in [0, 0.1) is 5.92 Å². The van der Waals surface area contributed by atoms with E-state index < -0.39 is 0 Å². The Labute approximate surface area is 134 Å².